The van der Waals surface area contributed by atoms with Crippen LogP contribution in [-0.4, -0.2) is 19.9 Å². The fraction of sp³-hybridized carbons (Fsp3) is 0.385. The van der Waals surface area contributed by atoms with Gasteiger partial charge >= 0.3 is 0 Å². The smallest absolute Gasteiger partial charge is 0.258 e. The van der Waals surface area contributed by atoms with Gasteiger partial charge in [0.05, 0.1) is 9.82 Å². The number of benzene rings is 1. The van der Waals surface area contributed by atoms with Gasteiger partial charge in [0.25, 0.3) is 5.69 Å². The minimum absolute atomic E-state index is 0.0761. The summed E-state index contributed by atoms with van der Waals surface area (Å²) < 4.78 is 26.6. The molecule has 0 heterocycles. The van der Waals surface area contributed by atoms with Crippen molar-refractivity contribution in [2.45, 2.75) is 32.1 Å². The molecule has 0 spiro atoms. The van der Waals surface area contributed by atoms with Gasteiger partial charge < -0.3 is 0 Å². The Morgan fingerprint density at radius 3 is 2.55 bits per heavy atom. The SMILES string of the molecule is C/C=C/CCNS(=O)(=O)c1cc(C)c(C)c([N+](=O)[O-])c1. The summed E-state index contributed by atoms with van der Waals surface area (Å²) in [6, 6.07) is 2.54. The second-order valence-electron chi connectivity index (χ2n) is 4.40. The third-order valence-electron chi connectivity index (χ3n) is 2.96. The molecule has 110 valence electrons. The van der Waals surface area contributed by atoms with Crippen molar-refractivity contribution < 1.29 is 13.3 Å². The lowest BCUT2D eigenvalue weighted by Crippen LogP contribution is -2.24. The standard InChI is InChI=1S/C13H18N2O4S/c1-4-5-6-7-14-20(18,19)12-8-10(2)11(3)13(9-12)15(16)17/h4-5,8-9,14H,6-7H2,1-3H3/b5-4+. The Morgan fingerprint density at radius 1 is 1.35 bits per heavy atom. The Balaban J connectivity index is 3.09. The number of hydrogen-bond donors (Lipinski definition) is 1. The van der Waals surface area contributed by atoms with Crippen LogP contribution < -0.4 is 4.72 Å². The van der Waals surface area contributed by atoms with Crippen LogP contribution in [0.3, 0.4) is 0 Å². The Morgan fingerprint density at radius 2 is 2.00 bits per heavy atom. The van der Waals surface area contributed by atoms with Gasteiger partial charge in [-0.3, -0.25) is 10.1 Å². The number of sulfonamides is 1. The minimum Gasteiger partial charge on any atom is -0.258 e. The van der Waals surface area contributed by atoms with Crippen LogP contribution in [0.5, 0.6) is 0 Å². The first kappa shape index (κ1) is 16.3. The number of hydrogen-bond acceptors (Lipinski definition) is 4. The average Bonchev–Trinajstić information content (AvgIpc) is 2.37. The van der Waals surface area contributed by atoms with Gasteiger partial charge in [0.15, 0.2) is 0 Å². The number of rotatable bonds is 6. The highest BCUT2D eigenvalue weighted by Gasteiger charge is 2.21. The van der Waals surface area contributed by atoms with Crippen molar-refractivity contribution in [3.63, 3.8) is 0 Å². The highest BCUT2D eigenvalue weighted by atomic mass is 32.2. The molecule has 1 aromatic rings. The number of nitro benzene ring substituents is 1. The molecule has 1 aromatic carbocycles. The van der Waals surface area contributed by atoms with Crippen LogP contribution in [0.25, 0.3) is 0 Å². The van der Waals surface area contributed by atoms with Crippen molar-refractivity contribution in [3.05, 3.63) is 45.5 Å². The molecular weight excluding hydrogens is 280 g/mol. The van der Waals surface area contributed by atoms with Crippen molar-refractivity contribution in [2.24, 2.45) is 0 Å². The summed E-state index contributed by atoms with van der Waals surface area (Å²) >= 11 is 0. The van der Waals surface area contributed by atoms with E-state index in [1.807, 2.05) is 19.1 Å². The van der Waals surface area contributed by atoms with E-state index in [1.165, 1.54) is 6.07 Å². The number of nitro groups is 1. The van der Waals surface area contributed by atoms with Crippen LogP contribution in [-0.2, 0) is 10.0 Å². The topological polar surface area (TPSA) is 89.3 Å². The molecule has 0 radical (unpaired) electrons. The molecule has 0 unspecified atom stereocenters. The molecule has 0 saturated carbocycles. The molecular formula is C13H18N2O4S. The second kappa shape index (κ2) is 6.62. The summed E-state index contributed by atoms with van der Waals surface area (Å²) in [4.78, 5) is 10.3. The number of allylic oxidation sites excluding steroid dienone is 1. The van der Waals surface area contributed by atoms with Gasteiger partial charge in [-0.05, 0) is 38.8 Å². The van der Waals surface area contributed by atoms with Gasteiger partial charge in [-0.25, -0.2) is 13.1 Å². The molecule has 0 aliphatic heterocycles. The van der Waals surface area contributed by atoms with Crippen LogP contribution >= 0.6 is 0 Å². The van der Waals surface area contributed by atoms with E-state index in [-0.39, 0.29) is 17.1 Å². The highest BCUT2D eigenvalue weighted by molar-refractivity contribution is 7.89. The minimum atomic E-state index is -3.72. The molecule has 0 atom stereocenters. The van der Waals surface area contributed by atoms with Crippen LogP contribution in [0.1, 0.15) is 24.5 Å². The fourth-order valence-corrected chi connectivity index (χ4v) is 2.83. The van der Waals surface area contributed by atoms with E-state index in [0.29, 0.717) is 17.5 Å². The van der Waals surface area contributed by atoms with Crippen molar-refractivity contribution in [1.29, 1.82) is 0 Å². The van der Waals surface area contributed by atoms with E-state index in [1.54, 1.807) is 13.8 Å². The maximum Gasteiger partial charge on any atom is 0.273 e. The maximum atomic E-state index is 12.1. The van der Waals surface area contributed by atoms with Crippen molar-refractivity contribution in [1.82, 2.24) is 4.72 Å². The molecule has 0 saturated heterocycles. The van der Waals surface area contributed by atoms with E-state index in [0.717, 1.165) is 6.07 Å². The van der Waals surface area contributed by atoms with Crippen LogP contribution in [0.4, 0.5) is 5.69 Å². The van der Waals surface area contributed by atoms with Crippen molar-refractivity contribution in [2.75, 3.05) is 6.54 Å². The number of nitrogens with one attached hydrogen (secondary N) is 1. The van der Waals surface area contributed by atoms with E-state index in [2.05, 4.69) is 4.72 Å². The molecule has 20 heavy (non-hydrogen) atoms. The van der Waals surface area contributed by atoms with E-state index >= 15 is 0 Å². The van der Waals surface area contributed by atoms with Gasteiger partial charge in [-0.1, -0.05) is 12.2 Å². The summed E-state index contributed by atoms with van der Waals surface area (Å²) in [6.45, 7) is 5.36. The number of aryl methyl sites for hydroxylation is 1. The molecule has 0 aromatic heterocycles. The predicted octanol–water partition coefficient (Wildman–Crippen LogP) is 2.46. The molecule has 1 rings (SSSR count). The predicted molar refractivity (Wildman–Crippen MR) is 77.2 cm³/mol. The zero-order valence-corrected chi connectivity index (χ0v) is 12.5. The molecule has 0 fully saturated rings. The first-order valence-electron chi connectivity index (χ1n) is 6.16. The monoisotopic (exact) mass is 298 g/mol. The molecule has 0 aliphatic carbocycles. The van der Waals surface area contributed by atoms with Gasteiger partial charge in [-0.2, -0.15) is 0 Å². The third-order valence-corrected chi connectivity index (χ3v) is 4.40. The van der Waals surface area contributed by atoms with Gasteiger partial charge in [-0.15, -0.1) is 0 Å². The molecule has 0 bridgehead atoms. The Hall–Kier alpha value is -1.73. The zero-order valence-electron chi connectivity index (χ0n) is 11.7. The Bertz CT molecular complexity index is 636. The van der Waals surface area contributed by atoms with Crippen LogP contribution in [0.2, 0.25) is 0 Å². The third kappa shape index (κ3) is 3.88. The second-order valence-corrected chi connectivity index (χ2v) is 6.16. The summed E-state index contributed by atoms with van der Waals surface area (Å²) in [5, 5.41) is 10.9. The summed E-state index contributed by atoms with van der Waals surface area (Å²) in [5.74, 6) is 0. The van der Waals surface area contributed by atoms with E-state index in [4.69, 9.17) is 0 Å². The fourth-order valence-electron chi connectivity index (χ4n) is 1.68. The van der Waals surface area contributed by atoms with Crippen LogP contribution in [0, 0.1) is 24.0 Å². The highest BCUT2D eigenvalue weighted by Crippen LogP contribution is 2.25. The van der Waals surface area contributed by atoms with Gasteiger partial charge in [0.1, 0.15) is 0 Å². The largest absolute Gasteiger partial charge is 0.273 e. The maximum absolute atomic E-state index is 12.1. The lowest BCUT2D eigenvalue weighted by Gasteiger charge is -2.08. The lowest BCUT2D eigenvalue weighted by atomic mass is 10.1. The summed E-state index contributed by atoms with van der Waals surface area (Å²) in [7, 11) is -3.72. The molecule has 7 heteroatoms. The first-order chi connectivity index (χ1) is 9.29. The molecule has 6 nitrogen and oxygen atoms in total. The molecule has 1 N–H and O–H groups in total. The Kier molecular flexibility index (Phi) is 5.41. The molecule has 0 amide bonds. The van der Waals surface area contributed by atoms with Gasteiger partial charge in [0, 0.05) is 18.2 Å². The average molecular weight is 298 g/mol. The first-order valence-corrected chi connectivity index (χ1v) is 7.64. The van der Waals surface area contributed by atoms with E-state index in [9.17, 15) is 18.5 Å². The van der Waals surface area contributed by atoms with E-state index < -0.39 is 14.9 Å². The zero-order chi connectivity index (χ0) is 15.3. The van der Waals surface area contributed by atoms with Gasteiger partial charge in [0.2, 0.25) is 10.0 Å². The lowest BCUT2D eigenvalue weighted by molar-refractivity contribution is -0.385. The summed E-state index contributed by atoms with van der Waals surface area (Å²) in [6.07, 6.45) is 4.24. The van der Waals surface area contributed by atoms with Crippen LogP contribution in [0.15, 0.2) is 29.2 Å². The summed E-state index contributed by atoms with van der Waals surface area (Å²) in [5.41, 5.74) is 0.870. The van der Waals surface area contributed by atoms with Crippen molar-refractivity contribution >= 4 is 15.7 Å². The Labute approximate surface area is 118 Å². The number of nitrogens with zero attached hydrogens (tertiary/aromatic N) is 1. The molecule has 0 aliphatic rings. The normalized spacial score (nSPS) is 11.9. The van der Waals surface area contributed by atoms with Crippen molar-refractivity contribution in [3.8, 4) is 0 Å². The quantitative estimate of drug-likeness (QED) is 0.378.